The molecule has 0 aliphatic heterocycles. The van der Waals surface area contributed by atoms with Gasteiger partial charge in [-0.2, -0.15) is 13.2 Å². The minimum atomic E-state index is -4.19. The highest BCUT2D eigenvalue weighted by atomic mass is 19.4. The highest BCUT2D eigenvalue weighted by Gasteiger charge is 2.38. The lowest BCUT2D eigenvalue weighted by Gasteiger charge is -2.34. The van der Waals surface area contributed by atoms with E-state index in [0.717, 1.165) is 12.0 Å². The van der Waals surface area contributed by atoms with E-state index in [-0.39, 0.29) is 5.92 Å². The van der Waals surface area contributed by atoms with E-state index in [9.17, 15) is 18.3 Å². The van der Waals surface area contributed by atoms with Crippen LogP contribution in [0.1, 0.15) is 37.2 Å². The maximum Gasteiger partial charge on any atom is 0.389 e. The first-order chi connectivity index (χ1) is 8.46. The molecule has 1 aliphatic carbocycles. The molecule has 3 atom stereocenters. The molecular weight excluding hydrogens is 241 g/mol. The first kappa shape index (κ1) is 13.4. The van der Waals surface area contributed by atoms with Gasteiger partial charge in [-0.25, -0.2) is 0 Å². The van der Waals surface area contributed by atoms with Gasteiger partial charge in [-0.05, 0) is 36.7 Å². The van der Waals surface area contributed by atoms with Crippen molar-refractivity contribution in [2.24, 2.45) is 5.92 Å². The number of benzene rings is 1. The van der Waals surface area contributed by atoms with Gasteiger partial charge in [0.1, 0.15) is 0 Å². The summed E-state index contributed by atoms with van der Waals surface area (Å²) in [6.07, 6.45) is -4.24. The Kier molecular flexibility index (Phi) is 3.95. The van der Waals surface area contributed by atoms with Gasteiger partial charge in [0.25, 0.3) is 0 Å². The fraction of sp³-hybridized carbons (Fsp3) is 0.571. The fourth-order valence-corrected chi connectivity index (χ4v) is 2.79. The molecule has 4 heteroatoms. The van der Waals surface area contributed by atoms with Crippen LogP contribution in [-0.2, 0) is 0 Å². The lowest BCUT2D eigenvalue weighted by molar-refractivity contribution is -0.156. The van der Waals surface area contributed by atoms with Crippen molar-refractivity contribution in [3.05, 3.63) is 35.9 Å². The van der Waals surface area contributed by atoms with Gasteiger partial charge in [-0.3, -0.25) is 0 Å². The topological polar surface area (TPSA) is 20.2 Å². The lowest BCUT2D eigenvalue weighted by atomic mass is 9.75. The molecule has 1 fully saturated rings. The zero-order valence-corrected chi connectivity index (χ0v) is 10.0. The number of alkyl halides is 3. The minimum Gasteiger partial charge on any atom is -0.393 e. The van der Waals surface area contributed by atoms with Crippen LogP contribution >= 0.6 is 0 Å². The smallest absolute Gasteiger partial charge is 0.389 e. The SMILES string of the molecule is OC1CCC(c2ccccc2)CC1CC(F)(F)F. The molecule has 1 aliphatic rings. The van der Waals surface area contributed by atoms with Gasteiger partial charge in [-0.1, -0.05) is 30.3 Å². The summed E-state index contributed by atoms with van der Waals surface area (Å²) in [5, 5.41) is 9.70. The van der Waals surface area contributed by atoms with Gasteiger partial charge >= 0.3 is 6.18 Å². The quantitative estimate of drug-likeness (QED) is 0.853. The fourth-order valence-electron chi connectivity index (χ4n) is 2.79. The number of aliphatic hydroxyl groups excluding tert-OH is 1. The van der Waals surface area contributed by atoms with E-state index in [1.807, 2.05) is 30.3 Å². The van der Waals surface area contributed by atoms with Gasteiger partial charge in [0.15, 0.2) is 0 Å². The largest absolute Gasteiger partial charge is 0.393 e. The predicted octanol–water partition coefficient (Wildman–Crippen LogP) is 3.88. The van der Waals surface area contributed by atoms with E-state index < -0.39 is 24.6 Å². The van der Waals surface area contributed by atoms with E-state index in [1.165, 1.54) is 0 Å². The summed E-state index contributed by atoms with van der Waals surface area (Å²) >= 11 is 0. The molecule has 100 valence electrons. The maximum atomic E-state index is 12.4. The van der Waals surface area contributed by atoms with E-state index in [0.29, 0.717) is 12.8 Å². The molecule has 0 spiro atoms. The molecular formula is C14H17F3O. The molecule has 0 saturated heterocycles. The van der Waals surface area contributed by atoms with Crippen molar-refractivity contribution in [3.8, 4) is 0 Å². The predicted molar refractivity (Wildman–Crippen MR) is 63.2 cm³/mol. The summed E-state index contributed by atoms with van der Waals surface area (Å²) in [6, 6.07) is 9.60. The Hall–Kier alpha value is -1.03. The molecule has 18 heavy (non-hydrogen) atoms. The van der Waals surface area contributed by atoms with Crippen molar-refractivity contribution < 1.29 is 18.3 Å². The molecule has 0 aromatic heterocycles. The van der Waals surface area contributed by atoms with Gasteiger partial charge in [0.05, 0.1) is 6.10 Å². The highest BCUT2D eigenvalue weighted by Crippen LogP contribution is 2.40. The monoisotopic (exact) mass is 258 g/mol. The summed E-state index contributed by atoms with van der Waals surface area (Å²) in [6.45, 7) is 0. The number of hydrogen-bond acceptors (Lipinski definition) is 1. The summed E-state index contributed by atoms with van der Waals surface area (Å²) in [5.41, 5.74) is 1.08. The summed E-state index contributed by atoms with van der Waals surface area (Å²) in [4.78, 5) is 0. The van der Waals surface area contributed by atoms with Gasteiger partial charge < -0.3 is 5.11 Å². The Morgan fingerprint density at radius 2 is 1.78 bits per heavy atom. The Balaban J connectivity index is 2.05. The highest BCUT2D eigenvalue weighted by molar-refractivity contribution is 5.20. The maximum absolute atomic E-state index is 12.4. The molecule has 0 amide bonds. The van der Waals surface area contributed by atoms with Crippen LogP contribution in [-0.4, -0.2) is 17.4 Å². The summed E-state index contributed by atoms with van der Waals surface area (Å²) in [7, 11) is 0. The third-order valence-electron chi connectivity index (χ3n) is 3.71. The number of halogens is 3. The van der Waals surface area contributed by atoms with Crippen molar-refractivity contribution in [3.63, 3.8) is 0 Å². The van der Waals surface area contributed by atoms with Crippen molar-refractivity contribution in [1.82, 2.24) is 0 Å². The zero-order valence-electron chi connectivity index (χ0n) is 10.0. The second kappa shape index (κ2) is 5.31. The Morgan fingerprint density at radius 3 is 2.39 bits per heavy atom. The molecule has 0 heterocycles. The van der Waals surface area contributed by atoms with Crippen LogP contribution in [0.4, 0.5) is 13.2 Å². The molecule has 0 radical (unpaired) electrons. The Morgan fingerprint density at radius 1 is 1.11 bits per heavy atom. The normalized spacial score (nSPS) is 29.2. The Labute approximate surface area is 105 Å². The van der Waals surface area contributed by atoms with Crippen LogP contribution in [0.25, 0.3) is 0 Å². The molecule has 1 aromatic rings. The van der Waals surface area contributed by atoms with Crippen molar-refractivity contribution in [2.75, 3.05) is 0 Å². The molecule has 3 unspecified atom stereocenters. The van der Waals surface area contributed by atoms with E-state index in [2.05, 4.69) is 0 Å². The molecule has 1 saturated carbocycles. The number of aliphatic hydroxyl groups is 1. The van der Waals surface area contributed by atoms with Crippen LogP contribution < -0.4 is 0 Å². The van der Waals surface area contributed by atoms with Crippen LogP contribution in [0.5, 0.6) is 0 Å². The average Bonchev–Trinajstić information content (AvgIpc) is 2.31. The molecule has 1 nitrogen and oxygen atoms in total. The second-order valence-corrected chi connectivity index (χ2v) is 5.07. The average molecular weight is 258 g/mol. The molecule has 2 rings (SSSR count). The van der Waals surface area contributed by atoms with E-state index in [1.54, 1.807) is 0 Å². The van der Waals surface area contributed by atoms with Crippen molar-refractivity contribution >= 4 is 0 Å². The van der Waals surface area contributed by atoms with Crippen LogP contribution in [0, 0.1) is 5.92 Å². The first-order valence-corrected chi connectivity index (χ1v) is 6.25. The van der Waals surface area contributed by atoms with Gasteiger partial charge in [0.2, 0.25) is 0 Å². The third-order valence-corrected chi connectivity index (χ3v) is 3.71. The van der Waals surface area contributed by atoms with Gasteiger partial charge in [-0.15, -0.1) is 0 Å². The number of rotatable bonds is 2. The van der Waals surface area contributed by atoms with Crippen molar-refractivity contribution in [2.45, 2.75) is 43.9 Å². The van der Waals surface area contributed by atoms with Crippen LogP contribution in [0.15, 0.2) is 30.3 Å². The minimum absolute atomic E-state index is 0.141. The second-order valence-electron chi connectivity index (χ2n) is 5.07. The summed E-state index contributed by atoms with van der Waals surface area (Å²) < 4.78 is 37.3. The van der Waals surface area contributed by atoms with Gasteiger partial charge in [0, 0.05) is 6.42 Å². The van der Waals surface area contributed by atoms with E-state index in [4.69, 9.17) is 0 Å². The van der Waals surface area contributed by atoms with Crippen molar-refractivity contribution in [1.29, 1.82) is 0 Å². The third kappa shape index (κ3) is 3.48. The molecule has 0 bridgehead atoms. The number of hydrogen-bond donors (Lipinski definition) is 1. The summed E-state index contributed by atoms with van der Waals surface area (Å²) in [5.74, 6) is -0.522. The molecule has 1 aromatic carbocycles. The Bertz CT molecular complexity index is 374. The van der Waals surface area contributed by atoms with Crippen LogP contribution in [0.2, 0.25) is 0 Å². The standard InChI is InChI=1S/C14H17F3O/c15-14(16,17)9-12-8-11(6-7-13(12)18)10-4-2-1-3-5-10/h1-5,11-13,18H,6-9H2. The molecule has 1 N–H and O–H groups in total. The lowest BCUT2D eigenvalue weighted by Crippen LogP contribution is -2.32. The zero-order chi connectivity index (χ0) is 13.2. The van der Waals surface area contributed by atoms with E-state index >= 15 is 0 Å². The van der Waals surface area contributed by atoms with Crippen LogP contribution in [0.3, 0.4) is 0 Å². The first-order valence-electron chi connectivity index (χ1n) is 6.25.